The molecule has 5 aromatic heterocycles. The van der Waals surface area contributed by atoms with Gasteiger partial charge in [0.25, 0.3) is 0 Å². The third kappa shape index (κ3) is 6.13. The van der Waals surface area contributed by atoms with Crippen LogP contribution >= 0.6 is 11.3 Å². The molecule has 0 unspecified atom stereocenters. The van der Waals surface area contributed by atoms with Crippen LogP contribution in [-0.4, -0.2) is 29.1 Å². The van der Waals surface area contributed by atoms with E-state index in [9.17, 15) is 0 Å². The average Bonchev–Trinajstić information content (AvgIpc) is 4.14. The Bertz CT molecular complexity index is 4630. The normalized spacial score (nSPS) is 11.9. The molecule has 330 valence electrons. The highest BCUT2D eigenvalue weighted by molar-refractivity contribution is 7.22. The largest absolute Gasteiger partial charge is 0.278 e. The predicted molar refractivity (Wildman–Crippen MR) is 296 cm³/mol. The molecule has 5 heterocycles. The fourth-order valence-electron chi connectivity index (χ4n) is 11.0. The second-order valence-corrected chi connectivity index (χ2v) is 19.2. The van der Waals surface area contributed by atoms with Crippen LogP contribution in [0, 0.1) is 0 Å². The van der Waals surface area contributed by atoms with E-state index in [4.69, 9.17) is 19.9 Å². The number of benzene rings is 10. The lowest BCUT2D eigenvalue weighted by atomic mass is 9.98. The van der Waals surface area contributed by atoms with Gasteiger partial charge in [-0.15, -0.1) is 11.3 Å². The van der Waals surface area contributed by atoms with Crippen molar-refractivity contribution in [3.05, 3.63) is 231 Å². The highest BCUT2D eigenvalue weighted by Gasteiger charge is 2.24. The quantitative estimate of drug-likeness (QED) is 0.156. The van der Waals surface area contributed by atoms with Gasteiger partial charge in [0.1, 0.15) is 0 Å². The molecule has 0 fully saturated rings. The van der Waals surface area contributed by atoms with Crippen LogP contribution in [0.2, 0.25) is 0 Å². The van der Waals surface area contributed by atoms with Gasteiger partial charge in [0, 0.05) is 48.5 Å². The molecule has 0 radical (unpaired) electrons. The Labute approximate surface area is 411 Å². The van der Waals surface area contributed by atoms with Crippen molar-refractivity contribution >= 4 is 97.6 Å². The molecule has 0 atom stereocenters. The minimum atomic E-state index is 0.625. The zero-order chi connectivity index (χ0) is 46.6. The van der Waals surface area contributed by atoms with E-state index in [0.29, 0.717) is 11.9 Å². The maximum absolute atomic E-state index is 5.57. The van der Waals surface area contributed by atoms with E-state index in [1.54, 1.807) is 11.3 Å². The lowest BCUT2D eigenvalue weighted by Gasteiger charge is -2.15. The van der Waals surface area contributed by atoms with Crippen LogP contribution in [0.15, 0.2) is 231 Å². The number of rotatable bonds is 6. The summed E-state index contributed by atoms with van der Waals surface area (Å²) in [4.78, 5) is 23.1. The summed E-state index contributed by atoms with van der Waals surface area (Å²) in [6.07, 6.45) is 0. The van der Waals surface area contributed by atoms with Crippen molar-refractivity contribution in [1.29, 1.82) is 0 Å². The third-order valence-electron chi connectivity index (χ3n) is 14.1. The van der Waals surface area contributed by atoms with Crippen molar-refractivity contribution in [2.75, 3.05) is 0 Å². The molecule has 6 nitrogen and oxygen atoms in total. The summed E-state index contributed by atoms with van der Waals surface area (Å²) in [6, 6.07) is 82.0. The van der Waals surface area contributed by atoms with Gasteiger partial charge in [0.15, 0.2) is 0 Å². The van der Waals surface area contributed by atoms with E-state index in [-0.39, 0.29) is 0 Å². The first-order valence-corrected chi connectivity index (χ1v) is 24.7. The molecule has 0 bridgehead atoms. The van der Waals surface area contributed by atoms with E-state index < -0.39 is 0 Å². The standard InChI is InChI=1S/C64H38N6S/c1-4-19-41(20-5-1)56-38-52-62(71-56)60(43-23-8-3-9-24-43)68-63(66-52)69-54-35-33-44(37-50(54)57-45-25-12-10-18-40(45)32-36-55(57)69)47-28-16-29-49-48-27-14-15-30-53(48)70(61(47)49)64-65-51-34-31-39-17-11-13-26-46(39)58(51)59(67-64)42-21-6-2-7-22-42/h1-38H. The van der Waals surface area contributed by atoms with Crippen molar-refractivity contribution in [3.8, 4) is 56.0 Å². The molecular weight excluding hydrogens is 885 g/mol. The van der Waals surface area contributed by atoms with Crippen molar-refractivity contribution in [2.24, 2.45) is 0 Å². The maximum atomic E-state index is 5.57. The summed E-state index contributed by atoms with van der Waals surface area (Å²) < 4.78 is 5.61. The van der Waals surface area contributed by atoms with Gasteiger partial charge in [-0.3, -0.25) is 9.13 Å². The predicted octanol–water partition coefficient (Wildman–Crippen LogP) is 16.8. The lowest BCUT2D eigenvalue weighted by molar-refractivity contribution is 1.01. The Balaban J connectivity index is 1.000. The molecule has 7 heteroatoms. The van der Waals surface area contributed by atoms with Gasteiger partial charge in [-0.25, -0.2) is 19.9 Å². The first-order chi connectivity index (χ1) is 35.2. The van der Waals surface area contributed by atoms with Crippen LogP contribution in [0.3, 0.4) is 0 Å². The maximum Gasteiger partial charge on any atom is 0.235 e. The average molecular weight is 923 g/mol. The molecule has 71 heavy (non-hydrogen) atoms. The fraction of sp³-hybridized carbons (Fsp3) is 0. The summed E-state index contributed by atoms with van der Waals surface area (Å²) in [5.41, 5.74) is 13.2. The van der Waals surface area contributed by atoms with Crippen molar-refractivity contribution in [1.82, 2.24) is 29.1 Å². The van der Waals surface area contributed by atoms with Gasteiger partial charge in [-0.1, -0.05) is 194 Å². The fourth-order valence-corrected chi connectivity index (χ4v) is 12.1. The first-order valence-electron chi connectivity index (χ1n) is 23.9. The van der Waals surface area contributed by atoms with Crippen molar-refractivity contribution in [3.63, 3.8) is 0 Å². The molecule has 0 aliphatic rings. The highest BCUT2D eigenvalue weighted by atomic mass is 32.1. The second kappa shape index (κ2) is 15.6. The second-order valence-electron chi connectivity index (χ2n) is 18.2. The van der Waals surface area contributed by atoms with Gasteiger partial charge >= 0.3 is 0 Å². The number of fused-ring (bicyclic) bond motifs is 12. The number of aromatic nitrogens is 6. The minimum absolute atomic E-state index is 0.625. The van der Waals surface area contributed by atoms with Crippen LogP contribution in [0.4, 0.5) is 0 Å². The van der Waals surface area contributed by atoms with Crippen molar-refractivity contribution < 1.29 is 0 Å². The summed E-state index contributed by atoms with van der Waals surface area (Å²) >= 11 is 1.74. The molecule has 0 aliphatic carbocycles. The number of para-hydroxylation sites is 2. The first kappa shape index (κ1) is 39.7. The molecule has 0 N–H and O–H groups in total. The Kier molecular flexibility index (Phi) is 8.73. The Morgan fingerprint density at radius 1 is 0.324 bits per heavy atom. The Morgan fingerprint density at radius 3 is 1.65 bits per heavy atom. The zero-order valence-corrected chi connectivity index (χ0v) is 38.8. The smallest absolute Gasteiger partial charge is 0.235 e. The molecule has 15 aromatic rings. The zero-order valence-electron chi connectivity index (χ0n) is 38.0. The SMILES string of the molecule is c1ccc(-c2cc3nc(-n4c5ccc(-c6cccc7c8ccccc8n(-c8nc(-c9ccccc9)c9c(ccc%10ccccc%109)n8)c67)cc5c5c6ccccc6ccc54)nc(-c4ccccc4)c3s2)cc1. The van der Waals surface area contributed by atoms with E-state index in [1.165, 1.54) is 16.3 Å². The molecular formula is C64H38N6S. The lowest BCUT2D eigenvalue weighted by Crippen LogP contribution is -2.04. The Morgan fingerprint density at radius 2 is 0.887 bits per heavy atom. The molecule has 0 spiro atoms. The van der Waals surface area contributed by atoms with Gasteiger partial charge in [-0.05, 0) is 69.1 Å². The molecule has 15 rings (SSSR count). The van der Waals surface area contributed by atoms with E-state index in [2.05, 4.69) is 240 Å². The number of thiophene rings is 1. The minimum Gasteiger partial charge on any atom is -0.278 e. The molecule has 10 aromatic carbocycles. The van der Waals surface area contributed by atoms with Crippen molar-refractivity contribution in [2.45, 2.75) is 0 Å². The summed E-state index contributed by atoms with van der Waals surface area (Å²) in [5, 5.41) is 10.2. The highest BCUT2D eigenvalue weighted by Crippen LogP contribution is 2.44. The number of hydrogen-bond donors (Lipinski definition) is 0. The number of nitrogens with zero attached hydrogens (tertiary/aromatic N) is 6. The topological polar surface area (TPSA) is 61.4 Å². The molecule has 0 saturated carbocycles. The van der Waals surface area contributed by atoms with Gasteiger partial charge < -0.3 is 0 Å². The number of hydrogen-bond acceptors (Lipinski definition) is 5. The van der Waals surface area contributed by atoms with E-state index >= 15 is 0 Å². The molecule has 0 saturated heterocycles. The van der Waals surface area contributed by atoms with Crippen LogP contribution in [0.1, 0.15) is 0 Å². The van der Waals surface area contributed by atoms with E-state index in [0.717, 1.165) is 114 Å². The van der Waals surface area contributed by atoms with Crippen LogP contribution in [0.25, 0.3) is 142 Å². The molecule has 0 aliphatic heterocycles. The summed E-state index contributed by atoms with van der Waals surface area (Å²) in [5.74, 6) is 1.26. The van der Waals surface area contributed by atoms with E-state index in [1.807, 2.05) is 0 Å². The van der Waals surface area contributed by atoms with Crippen LogP contribution < -0.4 is 0 Å². The van der Waals surface area contributed by atoms with Gasteiger partial charge in [0.2, 0.25) is 11.9 Å². The molecule has 0 amide bonds. The van der Waals surface area contributed by atoms with Crippen LogP contribution in [-0.2, 0) is 0 Å². The Hall–Kier alpha value is -9.30. The summed E-state index contributed by atoms with van der Waals surface area (Å²) in [7, 11) is 0. The third-order valence-corrected chi connectivity index (χ3v) is 15.3. The van der Waals surface area contributed by atoms with Crippen LogP contribution in [0.5, 0.6) is 0 Å². The van der Waals surface area contributed by atoms with Gasteiger partial charge in [-0.2, -0.15) is 0 Å². The monoisotopic (exact) mass is 922 g/mol. The summed E-state index contributed by atoms with van der Waals surface area (Å²) in [6.45, 7) is 0. The van der Waals surface area contributed by atoms with Gasteiger partial charge in [0.05, 0.1) is 49.2 Å².